The zero-order chi connectivity index (χ0) is 25.4. The second kappa shape index (κ2) is 7.42. The zero-order valence-corrected chi connectivity index (χ0v) is 19.7. The van der Waals surface area contributed by atoms with Gasteiger partial charge in [-0.15, -0.1) is 0 Å². The predicted molar refractivity (Wildman–Crippen MR) is 125 cm³/mol. The summed E-state index contributed by atoms with van der Waals surface area (Å²) >= 11 is 0. The Bertz CT molecular complexity index is 1850. The molecular weight excluding hydrogens is 499 g/mol. The normalized spacial score (nSPS) is 13.9. The molecule has 2 aliphatic heterocycles. The van der Waals surface area contributed by atoms with Crippen molar-refractivity contribution in [3.63, 3.8) is 0 Å². The molecule has 35 heavy (non-hydrogen) atoms. The molecule has 3 aliphatic rings. The van der Waals surface area contributed by atoms with Crippen LogP contribution in [0.5, 0.6) is 11.5 Å². The monoisotopic (exact) mass is 514 g/mol. The first-order valence-electron chi connectivity index (χ1n) is 9.80. The van der Waals surface area contributed by atoms with Crippen LogP contribution in [0.1, 0.15) is 11.1 Å². The number of aryl methyl sites for hydroxylation is 2. The lowest BCUT2D eigenvalue weighted by Gasteiger charge is -2.27. The molecule has 0 saturated carbocycles. The first-order valence-corrected chi connectivity index (χ1v) is 12.7. The lowest BCUT2D eigenvalue weighted by Crippen LogP contribution is -2.18. The van der Waals surface area contributed by atoms with Gasteiger partial charge in [-0.3, -0.25) is 9.11 Å². The molecule has 178 valence electrons. The predicted octanol–water partition coefficient (Wildman–Crippen LogP) is 2.46. The van der Waals surface area contributed by atoms with Gasteiger partial charge in [-0.25, -0.2) is 4.98 Å². The Morgan fingerprint density at radius 1 is 1.00 bits per heavy atom. The zero-order valence-electron chi connectivity index (χ0n) is 18.0. The Morgan fingerprint density at radius 3 is 2.31 bits per heavy atom. The van der Waals surface area contributed by atoms with Gasteiger partial charge in [0.15, 0.2) is 32.6 Å². The number of hydrogen-bond donors (Lipinski definition) is 4. The lowest BCUT2D eigenvalue weighted by molar-refractivity contribution is 0.447. The van der Waals surface area contributed by atoms with Crippen molar-refractivity contribution in [2.75, 3.05) is 11.1 Å². The summed E-state index contributed by atoms with van der Waals surface area (Å²) < 4.78 is 79.4. The number of hydrogen-bond acceptors (Lipinski definition) is 10. The van der Waals surface area contributed by atoms with E-state index in [4.69, 9.17) is 22.9 Å². The molecule has 0 unspecified atom stereocenters. The number of nitrogens with one attached hydrogen (secondary N) is 1. The SMILES string of the molecule is [B]N=c1ccc2nc3c(C)c4c(c(C)c3oc-2c1S(=O)(=O)O)Nc1ccc(N)c(S(=O)(=O)O)c1O4. The standard InChI is InChI=1S/C20H15BN4O8S2/c1-7-14-16(33-18-11(24-14)5-6-12(25-21)20(18)35(29,30)31)8(2)13-15(7)32-17-10(23-13)4-3-9(22)19(17)34(26,27)28/h3-6,23H,22H2,1-2H3,(H,26,27,28)(H,29,30,31). The van der Waals surface area contributed by atoms with Crippen LogP contribution < -0.4 is 21.1 Å². The Hall–Kier alpha value is -3.66. The first-order chi connectivity index (χ1) is 16.3. The van der Waals surface area contributed by atoms with Gasteiger partial charge >= 0.3 is 0 Å². The second-order valence-electron chi connectivity index (χ2n) is 7.77. The van der Waals surface area contributed by atoms with E-state index in [0.717, 1.165) is 0 Å². The fraction of sp³-hybridized carbons (Fsp3) is 0.100. The number of ether oxygens (including phenoxy) is 1. The molecule has 5 N–H and O–H groups in total. The number of fused-ring (bicyclic) bond motifs is 4. The number of nitrogens with zero attached hydrogens (tertiary/aromatic N) is 2. The van der Waals surface area contributed by atoms with Gasteiger partial charge in [0.25, 0.3) is 28.2 Å². The molecule has 0 atom stereocenters. The lowest BCUT2D eigenvalue weighted by atomic mass is 10.0. The molecule has 12 nitrogen and oxygen atoms in total. The molecule has 0 bridgehead atoms. The van der Waals surface area contributed by atoms with Gasteiger partial charge in [-0.05, 0) is 38.1 Å². The second-order valence-corrected chi connectivity index (χ2v) is 10.5. The Kier molecular flexibility index (Phi) is 4.90. The third kappa shape index (κ3) is 3.43. The van der Waals surface area contributed by atoms with Crippen molar-refractivity contribution in [1.29, 1.82) is 0 Å². The van der Waals surface area contributed by atoms with Gasteiger partial charge in [-0.1, -0.05) is 0 Å². The Balaban J connectivity index is 1.86. The van der Waals surface area contributed by atoms with Crippen LogP contribution >= 0.6 is 0 Å². The van der Waals surface area contributed by atoms with Crippen molar-refractivity contribution in [2.24, 2.45) is 4.90 Å². The fourth-order valence-electron chi connectivity index (χ4n) is 4.05. The number of nitrogens with two attached hydrogens (primary N) is 1. The topological polar surface area (TPSA) is 194 Å². The van der Waals surface area contributed by atoms with Crippen molar-refractivity contribution in [3.8, 4) is 23.0 Å². The molecule has 2 radical (unpaired) electrons. The molecule has 0 aromatic heterocycles. The van der Waals surface area contributed by atoms with Crippen molar-refractivity contribution in [1.82, 2.24) is 4.98 Å². The highest BCUT2D eigenvalue weighted by atomic mass is 32.2. The van der Waals surface area contributed by atoms with E-state index in [2.05, 4.69) is 15.2 Å². The summed E-state index contributed by atoms with van der Waals surface area (Å²) in [5.74, 6) is -0.251. The Morgan fingerprint density at radius 2 is 1.69 bits per heavy atom. The van der Waals surface area contributed by atoms with Crippen LogP contribution in [0.15, 0.2) is 43.4 Å². The van der Waals surface area contributed by atoms with Gasteiger partial charge in [-0.2, -0.15) is 16.8 Å². The highest BCUT2D eigenvalue weighted by molar-refractivity contribution is 7.86. The minimum absolute atomic E-state index is 0.0759. The van der Waals surface area contributed by atoms with Crippen molar-refractivity contribution in [2.45, 2.75) is 23.6 Å². The number of anilines is 3. The molecule has 1 aliphatic carbocycles. The molecule has 2 aromatic carbocycles. The maximum absolute atomic E-state index is 12.1. The van der Waals surface area contributed by atoms with Crippen LogP contribution in [0.4, 0.5) is 17.1 Å². The molecule has 15 heteroatoms. The summed E-state index contributed by atoms with van der Waals surface area (Å²) in [6, 6.07) is 5.44. The van der Waals surface area contributed by atoms with Gasteiger partial charge in [0.05, 0.1) is 22.4 Å². The van der Waals surface area contributed by atoms with Gasteiger partial charge in [0.2, 0.25) is 0 Å². The summed E-state index contributed by atoms with van der Waals surface area (Å²) in [5.41, 5.74) is 7.52. The average Bonchev–Trinajstić information content (AvgIpc) is 2.78. The maximum Gasteiger partial charge on any atom is 0.300 e. The molecular formula is C20H15BN4O8S2. The van der Waals surface area contributed by atoms with E-state index in [9.17, 15) is 25.9 Å². The number of rotatable bonds is 2. The molecule has 2 heterocycles. The van der Waals surface area contributed by atoms with Crippen LogP contribution in [-0.2, 0) is 20.2 Å². The van der Waals surface area contributed by atoms with Crippen LogP contribution in [0, 0.1) is 13.8 Å². The van der Waals surface area contributed by atoms with Crippen LogP contribution in [0.3, 0.4) is 0 Å². The van der Waals surface area contributed by atoms with E-state index in [-0.39, 0.29) is 50.8 Å². The van der Waals surface area contributed by atoms with Crippen molar-refractivity contribution < 1.29 is 35.1 Å². The molecule has 0 amide bonds. The molecule has 0 saturated heterocycles. The molecule has 0 spiro atoms. The van der Waals surface area contributed by atoms with E-state index >= 15 is 0 Å². The number of benzene rings is 3. The third-order valence-corrected chi connectivity index (χ3v) is 7.47. The van der Waals surface area contributed by atoms with Crippen LogP contribution in [0.2, 0.25) is 0 Å². The summed E-state index contributed by atoms with van der Waals surface area (Å²) in [6.45, 7) is 3.28. The van der Waals surface area contributed by atoms with Crippen molar-refractivity contribution in [3.05, 3.63) is 40.7 Å². The molecule has 5 rings (SSSR count). The van der Waals surface area contributed by atoms with Crippen molar-refractivity contribution >= 4 is 56.4 Å². The van der Waals surface area contributed by atoms with E-state index in [1.807, 2.05) is 0 Å². The highest BCUT2D eigenvalue weighted by Crippen LogP contribution is 2.51. The fourth-order valence-corrected chi connectivity index (χ4v) is 5.56. The molecule has 0 fully saturated rings. The average molecular weight is 514 g/mol. The summed E-state index contributed by atoms with van der Waals surface area (Å²) in [6.07, 6.45) is 0. The van der Waals surface area contributed by atoms with Crippen LogP contribution in [0.25, 0.3) is 22.6 Å². The van der Waals surface area contributed by atoms with Gasteiger partial charge < -0.3 is 25.1 Å². The van der Waals surface area contributed by atoms with E-state index in [0.29, 0.717) is 16.8 Å². The van der Waals surface area contributed by atoms with E-state index < -0.39 is 30.0 Å². The Labute approximate surface area is 199 Å². The number of aromatic nitrogens is 1. The van der Waals surface area contributed by atoms with Gasteiger partial charge in [0.1, 0.15) is 11.2 Å². The minimum Gasteiger partial charge on any atom is -0.451 e. The summed E-state index contributed by atoms with van der Waals surface area (Å²) in [4.78, 5) is 6.67. The summed E-state index contributed by atoms with van der Waals surface area (Å²) in [5, 5.41) is 2.83. The van der Waals surface area contributed by atoms with E-state index in [1.54, 1.807) is 13.8 Å². The molecule has 2 aromatic rings. The number of nitrogen functional groups attached to an aromatic ring is 1. The van der Waals surface area contributed by atoms with Gasteiger partial charge in [0, 0.05) is 11.1 Å². The maximum atomic E-state index is 12.1. The quantitative estimate of drug-likeness (QED) is 0.117. The van der Waals surface area contributed by atoms with Crippen LogP contribution in [-0.4, -0.2) is 38.9 Å². The largest absolute Gasteiger partial charge is 0.451 e. The highest BCUT2D eigenvalue weighted by Gasteiger charge is 2.32. The summed E-state index contributed by atoms with van der Waals surface area (Å²) in [7, 11) is -4.22. The third-order valence-electron chi connectivity index (χ3n) is 5.62. The first kappa shape index (κ1) is 23.1. The smallest absolute Gasteiger partial charge is 0.300 e. The minimum atomic E-state index is -4.78. The van der Waals surface area contributed by atoms with E-state index in [1.165, 1.54) is 24.3 Å².